The first-order valence-electron chi connectivity index (χ1n) is 9.16. The molecule has 0 aliphatic heterocycles. The molecule has 1 N–H and O–H groups in total. The second kappa shape index (κ2) is 9.56. The molecule has 0 saturated carbocycles. The van der Waals surface area contributed by atoms with Crippen LogP contribution in [0.25, 0.3) is 11.0 Å². The molecule has 0 spiro atoms. The van der Waals surface area contributed by atoms with Crippen LogP contribution in [-0.4, -0.2) is 20.6 Å². The normalized spacial score (nSPS) is 12.9. The van der Waals surface area contributed by atoms with Crippen LogP contribution >= 0.6 is 11.6 Å². The number of carboxylic acids is 1. The number of rotatable bonds is 9. The minimum atomic E-state index is -0.846. The number of halogens is 1. The summed E-state index contributed by atoms with van der Waals surface area (Å²) in [5.41, 5.74) is 1.90. The lowest BCUT2D eigenvalue weighted by Crippen LogP contribution is -2.27. The third kappa shape index (κ3) is 5.83. The molecule has 0 unspecified atom stereocenters. The van der Waals surface area contributed by atoms with E-state index in [0.717, 1.165) is 36.1 Å². The Balaban J connectivity index is 2.20. The van der Waals surface area contributed by atoms with Crippen molar-refractivity contribution in [3.63, 3.8) is 0 Å². The number of carboxylic acid groups (broad SMARTS) is 1. The molecule has 5 heteroatoms. The lowest BCUT2D eigenvalue weighted by atomic mass is 9.88. The Kier molecular flexibility index (Phi) is 7.43. The highest BCUT2D eigenvalue weighted by Gasteiger charge is 2.29. The topological polar surface area (TPSA) is 55.1 Å². The van der Waals surface area contributed by atoms with Crippen molar-refractivity contribution in [3.8, 4) is 0 Å². The van der Waals surface area contributed by atoms with Crippen LogP contribution in [0.3, 0.4) is 0 Å². The first kappa shape index (κ1) is 21.0. The molecule has 0 aromatic carbocycles. The predicted molar refractivity (Wildman–Crippen MR) is 112 cm³/mol. The Labute approximate surface area is 165 Å². The van der Waals surface area contributed by atoms with Crippen molar-refractivity contribution in [2.24, 2.45) is 5.41 Å². The van der Waals surface area contributed by atoms with Gasteiger partial charge in [0.1, 0.15) is 5.15 Å². The molecule has 0 amide bonds. The molecule has 0 radical (unpaired) electrons. The summed E-state index contributed by atoms with van der Waals surface area (Å²) in [6, 6.07) is 5.67. The summed E-state index contributed by atoms with van der Waals surface area (Å²) in [5.74, 6) is -0.809. The van der Waals surface area contributed by atoms with Crippen molar-refractivity contribution in [1.29, 1.82) is 0 Å². The van der Waals surface area contributed by atoms with Gasteiger partial charge in [0.05, 0.1) is 16.4 Å². The lowest BCUT2D eigenvalue weighted by molar-refractivity contribution is -0.146. The summed E-state index contributed by atoms with van der Waals surface area (Å²) in [4.78, 5) is 15.9. The molecule has 0 fully saturated rings. The number of hydrogen-bond donors (Lipinski definition) is 1. The minimum absolute atomic E-state index is 0.434. The number of pyridine rings is 1. The Hall–Kier alpha value is -2.33. The predicted octanol–water partition coefficient (Wildman–Crippen LogP) is 5.81. The maximum atomic E-state index is 11.5. The number of allylic oxidation sites excluding steroid dienone is 6. The van der Waals surface area contributed by atoms with E-state index in [-0.39, 0.29) is 0 Å². The van der Waals surface area contributed by atoms with Crippen LogP contribution in [0.15, 0.2) is 54.7 Å². The average molecular weight is 387 g/mol. The van der Waals surface area contributed by atoms with Gasteiger partial charge in [-0.2, -0.15) is 0 Å². The second-order valence-electron chi connectivity index (χ2n) is 7.14. The van der Waals surface area contributed by atoms with E-state index in [4.69, 9.17) is 11.6 Å². The maximum Gasteiger partial charge on any atom is 0.309 e. The summed E-state index contributed by atoms with van der Waals surface area (Å²) in [5, 5.41) is 9.92. The Morgan fingerprint density at radius 3 is 2.70 bits per heavy atom. The summed E-state index contributed by atoms with van der Waals surface area (Å²) in [7, 11) is 0. The van der Waals surface area contributed by atoms with Crippen molar-refractivity contribution < 1.29 is 9.90 Å². The van der Waals surface area contributed by atoms with Crippen LogP contribution in [0.5, 0.6) is 0 Å². The summed E-state index contributed by atoms with van der Waals surface area (Å²) < 4.78 is 2.15. The highest BCUT2D eigenvalue weighted by Crippen LogP contribution is 2.27. The monoisotopic (exact) mass is 386 g/mol. The number of aliphatic carboxylic acids is 1. The fourth-order valence-corrected chi connectivity index (χ4v) is 3.01. The molecule has 0 aliphatic carbocycles. The second-order valence-corrected chi connectivity index (χ2v) is 7.53. The smallest absolute Gasteiger partial charge is 0.309 e. The van der Waals surface area contributed by atoms with Crippen LogP contribution < -0.4 is 0 Å². The minimum Gasteiger partial charge on any atom is -0.481 e. The first-order valence-corrected chi connectivity index (χ1v) is 9.54. The molecule has 0 aliphatic rings. The van der Waals surface area contributed by atoms with E-state index >= 15 is 0 Å². The van der Waals surface area contributed by atoms with Gasteiger partial charge in [0.25, 0.3) is 0 Å². The van der Waals surface area contributed by atoms with Crippen LogP contribution in [-0.2, 0) is 17.8 Å². The zero-order valence-corrected chi connectivity index (χ0v) is 16.9. The van der Waals surface area contributed by atoms with Crippen molar-refractivity contribution in [2.75, 3.05) is 0 Å². The van der Waals surface area contributed by atoms with Crippen LogP contribution in [0.2, 0.25) is 5.15 Å². The lowest BCUT2D eigenvalue weighted by Gasteiger charge is -2.20. The van der Waals surface area contributed by atoms with E-state index in [1.807, 2.05) is 37.3 Å². The first-order chi connectivity index (χ1) is 12.8. The fourth-order valence-electron chi connectivity index (χ4n) is 2.86. The Morgan fingerprint density at radius 1 is 1.26 bits per heavy atom. The SMILES string of the molecule is C/C=C\C/C=C\C=C/CCn1c(CC(C)(C)C(=O)O)cc2nc(Cl)ccc21. The molecule has 4 nitrogen and oxygen atoms in total. The van der Waals surface area contributed by atoms with Gasteiger partial charge >= 0.3 is 5.97 Å². The van der Waals surface area contributed by atoms with Crippen LogP contribution in [0, 0.1) is 5.41 Å². The van der Waals surface area contributed by atoms with E-state index in [0.29, 0.717) is 11.6 Å². The summed E-state index contributed by atoms with van der Waals surface area (Å²) >= 11 is 6.02. The highest BCUT2D eigenvalue weighted by molar-refractivity contribution is 6.29. The molecule has 144 valence electrons. The van der Waals surface area contributed by atoms with Crippen molar-refractivity contribution in [2.45, 2.75) is 46.6 Å². The van der Waals surface area contributed by atoms with Crippen LogP contribution in [0.4, 0.5) is 0 Å². The fraction of sp³-hybridized carbons (Fsp3) is 0.364. The zero-order valence-electron chi connectivity index (χ0n) is 16.2. The number of aryl methyl sites for hydroxylation is 1. The van der Waals surface area contributed by atoms with E-state index in [9.17, 15) is 9.90 Å². The molecule has 0 saturated heterocycles. The van der Waals surface area contributed by atoms with Gasteiger partial charge in [0, 0.05) is 18.7 Å². The molecule has 2 aromatic heterocycles. The van der Waals surface area contributed by atoms with Gasteiger partial charge < -0.3 is 9.67 Å². The van der Waals surface area contributed by atoms with Gasteiger partial charge in [0.2, 0.25) is 0 Å². The number of hydrogen-bond acceptors (Lipinski definition) is 2. The average Bonchev–Trinajstić information content (AvgIpc) is 2.92. The number of carbonyl (C=O) groups is 1. The molecule has 27 heavy (non-hydrogen) atoms. The van der Waals surface area contributed by atoms with Gasteiger partial charge in [-0.1, -0.05) is 48.1 Å². The molecule has 0 bridgehead atoms. The summed E-state index contributed by atoms with van der Waals surface area (Å²) in [6.45, 7) is 6.26. The van der Waals surface area contributed by atoms with Gasteiger partial charge in [-0.25, -0.2) is 4.98 Å². The van der Waals surface area contributed by atoms with Gasteiger partial charge in [-0.15, -0.1) is 0 Å². The standard InChI is InChI=1S/C22H27ClN2O2/c1-4-5-6-7-8-9-10-11-14-25-17(16-22(2,3)21(26)27)15-18-19(25)12-13-20(23)24-18/h4-5,7-10,12-13,15H,6,11,14,16H2,1-3H3,(H,26,27)/b5-4-,8-7-,10-9-. The molecule has 2 aromatic rings. The summed E-state index contributed by atoms with van der Waals surface area (Å²) in [6.07, 6.45) is 14.7. The maximum absolute atomic E-state index is 11.5. The van der Waals surface area contributed by atoms with Gasteiger partial charge in [0.15, 0.2) is 0 Å². The molecular weight excluding hydrogens is 360 g/mol. The quantitative estimate of drug-likeness (QED) is 0.336. The molecular formula is C22H27ClN2O2. The van der Waals surface area contributed by atoms with E-state index < -0.39 is 11.4 Å². The Bertz CT molecular complexity index is 876. The molecule has 2 rings (SSSR count). The molecule has 0 atom stereocenters. The van der Waals surface area contributed by atoms with E-state index in [1.165, 1.54) is 0 Å². The number of aromatic nitrogens is 2. The third-order valence-electron chi connectivity index (χ3n) is 4.42. The van der Waals surface area contributed by atoms with Crippen molar-refractivity contribution in [3.05, 3.63) is 65.5 Å². The number of nitrogens with zero attached hydrogens (tertiary/aromatic N) is 2. The molecule has 2 heterocycles. The van der Waals surface area contributed by atoms with Gasteiger partial charge in [-0.05, 0) is 51.8 Å². The van der Waals surface area contributed by atoms with E-state index in [1.54, 1.807) is 19.9 Å². The Morgan fingerprint density at radius 2 is 2.00 bits per heavy atom. The number of fused-ring (bicyclic) bond motifs is 1. The van der Waals surface area contributed by atoms with Crippen molar-refractivity contribution in [1.82, 2.24) is 9.55 Å². The van der Waals surface area contributed by atoms with E-state index in [2.05, 4.69) is 27.8 Å². The highest BCUT2D eigenvalue weighted by atomic mass is 35.5. The third-order valence-corrected chi connectivity index (χ3v) is 4.63. The van der Waals surface area contributed by atoms with Crippen LogP contribution in [0.1, 0.15) is 39.3 Å². The van der Waals surface area contributed by atoms with Gasteiger partial charge in [-0.3, -0.25) is 4.79 Å². The zero-order chi connectivity index (χ0) is 19.9. The van der Waals surface area contributed by atoms with Crippen molar-refractivity contribution >= 4 is 28.6 Å². The largest absolute Gasteiger partial charge is 0.481 e.